The van der Waals surface area contributed by atoms with Crippen molar-refractivity contribution < 1.29 is 0 Å². The summed E-state index contributed by atoms with van der Waals surface area (Å²) in [6, 6.07) is 5.35. The highest BCUT2D eigenvalue weighted by atomic mass is 35.5. The highest BCUT2D eigenvalue weighted by Crippen LogP contribution is 2.26. The van der Waals surface area contributed by atoms with Crippen LogP contribution in [0.4, 0.5) is 5.69 Å². The van der Waals surface area contributed by atoms with Gasteiger partial charge in [0.1, 0.15) is 0 Å². The first-order valence-corrected chi connectivity index (χ1v) is 8.20. The summed E-state index contributed by atoms with van der Waals surface area (Å²) in [5.41, 5.74) is 4.80. The van der Waals surface area contributed by atoms with Crippen LogP contribution in [0.1, 0.15) is 20.3 Å². The molecule has 1 aromatic carbocycles. The zero-order chi connectivity index (χ0) is 15.4. The molecule has 0 spiro atoms. The van der Waals surface area contributed by atoms with Gasteiger partial charge in [-0.05, 0) is 30.5 Å². The number of allylic oxidation sites excluding steroid dienone is 1. The maximum Gasteiger partial charge on any atom is 0.194 e. The minimum Gasteiger partial charge on any atom is -0.289 e. The molecule has 0 amide bonds. The van der Waals surface area contributed by atoms with Crippen molar-refractivity contribution in [3.63, 3.8) is 0 Å². The third kappa shape index (κ3) is 4.12. The first-order valence-electron chi connectivity index (χ1n) is 6.56. The molecule has 0 unspecified atom stereocenters. The van der Waals surface area contributed by atoms with Gasteiger partial charge in [0, 0.05) is 11.6 Å². The minimum absolute atomic E-state index is 0.502. The van der Waals surface area contributed by atoms with Crippen molar-refractivity contribution >= 4 is 45.9 Å². The third-order valence-corrected chi connectivity index (χ3v) is 4.31. The highest BCUT2D eigenvalue weighted by molar-refractivity contribution is 7.07. The second-order valence-corrected chi connectivity index (χ2v) is 6.67. The third-order valence-electron chi connectivity index (χ3n) is 2.81. The average Bonchev–Trinajstić information content (AvgIpc) is 2.88. The fraction of sp³-hybridized carbons (Fsp3) is 0.250. The Morgan fingerprint density at radius 1 is 1.38 bits per heavy atom. The molecule has 0 aliphatic heterocycles. The Kier molecular flexibility index (Phi) is 5.49. The molecule has 0 fully saturated rings. The van der Waals surface area contributed by atoms with Crippen LogP contribution in [0.3, 0.4) is 0 Å². The van der Waals surface area contributed by atoms with Crippen LogP contribution in [0.25, 0.3) is 5.70 Å². The number of thiazole rings is 1. The average molecular weight is 339 g/mol. The molecule has 0 radical (unpaired) electrons. The Labute approximate surface area is 138 Å². The van der Waals surface area contributed by atoms with Crippen LogP contribution in [0.5, 0.6) is 0 Å². The molecule has 0 aliphatic rings. The number of hydrogen-bond acceptors (Lipinski definition) is 2. The second kappa shape index (κ2) is 7.15. The van der Waals surface area contributed by atoms with E-state index in [-0.39, 0.29) is 0 Å². The first kappa shape index (κ1) is 16.1. The lowest BCUT2D eigenvalue weighted by atomic mass is 10.1. The molecule has 5 heteroatoms. The number of benzene rings is 1. The van der Waals surface area contributed by atoms with Crippen molar-refractivity contribution in [1.29, 1.82) is 0 Å². The standard InChI is InChI=1S/C16H16Cl2N2S/c1-4-13(9-11(2)3)20-7-8-21-16(20)19-12-5-6-14(17)15(18)10-12/h5-8,10-11H,1,9H2,2-3H3. The van der Waals surface area contributed by atoms with Crippen molar-refractivity contribution in [2.24, 2.45) is 10.9 Å². The fourth-order valence-corrected chi connectivity index (χ4v) is 2.91. The first-order chi connectivity index (χ1) is 10.0. The number of hydrogen-bond donors (Lipinski definition) is 0. The van der Waals surface area contributed by atoms with Gasteiger partial charge in [0.2, 0.25) is 0 Å². The predicted molar refractivity (Wildman–Crippen MR) is 92.3 cm³/mol. The van der Waals surface area contributed by atoms with E-state index >= 15 is 0 Å². The second-order valence-electron chi connectivity index (χ2n) is 4.99. The minimum atomic E-state index is 0.502. The monoisotopic (exact) mass is 338 g/mol. The maximum absolute atomic E-state index is 6.03. The van der Waals surface area contributed by atoms with Crippen LogP contribution < -0.4 is 4.80 Å². The van der Waals surface area contributed by atoms with Crippen LogP contribution in [0, 0.1) is 5.92 Å². The number of aromatic nitrogens is 1. The van der Waals surface area contributed by atoms with Crippen LogP contribution in [0.15, 0.2) is 47.1 Å². The van der Waals surface area contributed by atoms with E-state index < -0.39 is 0 Å². The van der Waals surface area contributed by atoms with Gasteiger partial charge < -0.3 is 0 Å². The predicted octanol–water partition coefficient (Wildman–Crippen LogP) is 5.76. The van der Waals surface area contributed by atoms with Crippen molar-refractivity contribution in [2.75, 3.05) is 0 Å². The summed E-state index contributed by atoms with van der Waals surface area (Å²) in [6.45, 7) is 8.12. The van der Waals surface area contributed by atoms with Crippen LogP contribution in [0.2, 0.25) is 10.0 Å². The lowest BCUT2D eigenvalue weighted by Crippen LogP contribution is -2.13. The number of nitrogens with zero attached hydrogens (tertiary/aromatic N) is 2. The summed E-state index contributed by atoms with van der Waals surface area (Å²) in [5.74, 6) is 0.527. The topological polar surface area (TPSA) is 17.3 Å². The fourth-order valence-electron chi connectivity index (χ4n) is 1.87. The maximum atomic E-state index is 6.03. The number of halogens is 2. The van der Waals surface area contributed by atoms with Crippen molar-refractivity contribution in [3.8, 4) is 0 Å². The van der Waals surface area contributed by atoms with Crippen LogP contribution in [-0.4, -0.2) is 4.57 Å². The van der Waals surface area contributed by atoms with Gasteiger partial charge in [-0.2, -0.15) is 0 Å². The molecule has 0 N–H and O–H groups in total. The van der Waals surface area contributed by atoms with Gasteiger partial charge in [-0.15, -0.1) is 17.1 Å². The Morgan fingerprint density at radius 3 is 2.76 bits per heavy atom. The molecule has 0 atom stereocenters. The van der Waals surface area contributed by atoms with Gasteiger partial charge in [-0.1, -0.05) is 43.6 Å². The van der Waals surface area contributed by atoms with Gasteiger partial charge in [0.05, 0.1) is 21.4 Å². The molecule has 0 saturated heterocycles. The normalized spacial score (nSPS) is 11.8. The molecule has 0 aliphatic carbocycles. The lowest BCUT2D eigenvalue weighted by Gasteiger charge is -2.09. The molecule has 1 heterocycles. The Bertz CT molecular complexity index is 750. The zero-order valence-electron chi connectivity index (χ0n) is 11.9. The molecular weight excluding hydrogens is 323 g/mol. The smallest absolute Gasteiger partial charge is 0.194 e. The zero-order valence-corrected chi connectivity index (χ0v) is 14.3. The van der Waals surface area contributed by atoms with E-state index in [4.69, 9.17) is 23.2 Å². The van der Waals surface area contributed by atoms with E-state index in [1.54, 1.807) is 23.5 Å². The lowest BCUT2D eigenvalue weighted by molar-refractivity contribution is 0.655. The Hall–Kier alpha value is -1.25. The van der Waals surface area contributed by atoms with Gasteiger partial charge in [-0.25, -0.2) is 4.99 Å². The van der Waals surface area contributed by atoms with Gasteiger partial charge >= 0.3 is 0 Å². The largest absolute Gasteiger partial charge is 0.289 e. The highest BCUT2D eigenvalue weighted by Gasteiger charge is 2.06. The van der Waals surface area contributed by atoms with Gasteiger partial charge in [0.15, 0.2) is 4.80 Å². The van der Waals surface area contributed by atoms with Crippen molar-refractivity contribution in [2.45, 2.75) is 20.3 Å². The summed E-state index contributed by atoms with van der Waals surface area (Å²) in [4.78, 5) is 5.49. The quantitative estimate of drug-likeness (QED) is 0.630. The molecule has 0 bridgehead atoms. The van der Waals surface area contributed by atoms with Crippen molar-refractivity contribution in [3.05, 3.63) is 56.9 Å². The van der Waals surface area contributed by atoms with E-state index in [0.29, 0.717) is 16.0 Å². The Morgan fingerprint density at radius 2 is 2.14 bits per heavy atom. The van der Waals surface area contributed by atoms with Crippen molar-refractivity contribution in [1.82, 2.24) is 4.57 Å². The molecule has 2 nitrogen and oxygen atoms in total. The van der Waals surface area contributed by atoms with Crippen LogP contribution >= 0.6 is 34.5 Å². The SMILES string of the molecule is C=C=C(CC(C)C)n1ccsc1=Nc1ccc(Cl)c(Cl)c1. The Balaban J connectivity index is 2.46. The van der Waals surface area contributed by atoms with E-state index in [0.717, 1.165) is 22.6 Å². The van der Waals surface area contributed by atoms with E-state index in [1.807, 2.05) is 22.2 Å². The van der Waals surface area contributed by atoms with Gasteiger partial charge in [-0.3, -0.25) is 4.57 Å². The molecule has 21 heavy (non-hydrogen) atoms. The molecule has 110 valence electrons. The number of rotatable bonds is 4. The van der Waals surface area contributed by atoms with Crippen LogP contribution in [-0.2, 0) is 0 Å². The van der Waals surface area contributed by atoms with E-state index in [1.165, 1.54) is 0 Å². The molecule has 0 saturated carbocycles. The molecule has 2 aromatic rings. The summed E-state index contributed by atoms with van der Waals surface area (Å²) in [6.07, 6.45) is 2.88. The molecule has 2 rings (SSSR count). The van der Waals surface area contributed by atoms with E-state index in [9.17, 15) is 0 Å². The summed E-state index contributed by atoms with van der Waals surface area (Å²) >= 11 is 13.5. The molecule has 1 aromatic heterocycles. The van der Waals surface area contributed by atoms with E-state index in [2.05, 4.69) is 31.2 Å². The molecular formula is C16H16Cl2N2S. The van der Waals surface area contributed by atoms with Gasteiger partial charge in [0.25, 0.3) is 0 Å². The summed E-state index contributed by atoms with van der Waals surface area (Å²) in [7, 11) is 0. The summed E-state index contributed by atoms with van der Waals surface area (Å²) in [5, 5.41) is 3.03. The summed E-state index contributed by atoms with van der Waals surface area (Å²) < 4.78 is 2.01.